The second-order valence-electron chi connectivity index (χ2n) is 7.17. The van der Waals surface area contributed by atoms with Crippen molar-refractivity contribution >= 4 is 24.0 Å². The van der Waals surface area contributed by atoms with Gasteiger partial charge >= 0.3 is 0 Å². The van der Waals surface area contributed by atoms with E-state index in [1.165, 1.54) is 6.07 Å². The van der Waals surface area contributed by atoms with Gasteiger partial charge in [0.15, 0.2) is 0 Å². The molecular weight excluding hydrogens is 352 g/mol. The van der Waals surface area contributed by atoms with Crippen molar-refractivity contribution in [2.75, 3.05) is 18.4 Å². The first-order valence-corrected chi connectivity index (χ1v) is 8.76. The van der Waals surface area contributed by atoms with E-state index < -0.39 is 0 Å². The molecule has 0 bridgehead atoms. The Labute approximate surface area is 158 Å². The number of nitrogens with one attached hydrogen (secondary N) is 3. The van der Waals surface area contributed by atoms with Gasteiger partial charge in [-0.05, 0) is 69.0 Å². The lowest BCUT2D eigenvalue weighted by Gasteiger charge is -2.23. The summed E-state index contributed by atoms with van der Waals surface area (Å²) in [7, 11) is 0. The number of piperidine rings is 1. The Morgan fingerprint density at radius 1 is 1.23 bits per heavy atom. The normalized spacial score (nSPS) is 20.3. The summed E-state index contributed by atoms with van der Waals surface area (Å²) >= 11 is 0. The molecule has 3 N–H and O–H groups in total. The zero-order valence-corrected chi connectivity index (χ0v) is 15.5. The second-order valence-corrected chi connectivity index (χ2v) is 7.17. The zero-order chi connectivity index (χ0) is 17.4. The van der Waals surface area contributed by atoms with Gasteiger partial charge in [0.2, 0.25) is 5.91 Å². The van der Waals surface area contributed by atoms with Crippen LogP contribution in [0, 0.1) is 18.3 Å². The molecule has 0 radical (unpaired) electrons. The molecule has 2 aliphatic rings. The third kappa shape index (κ3) is 3.66. The lowest BCUT2D eigenvalue weighted by molar-refractivity contribution is -0.118. The number of halogens is 1. The maximum absolute atomic E-state index is 12.5. The van der Waals surface area contributed by atoms with Gasteiger partial charge in [0, 0.05) is 28.9 Å². The first kappa shape index (κ1) is 18.6. The monoisotopic (exact) mass is 374 g/mol. The van der Waals surface area contributed by atoms with Crippen molar-refractivity contribution in [2.45, 2.75) is 26.2 Å². The first-order chi connectivity index (χ1) is 12.1. The van der Waals surface area contributed by atoms with Crippen LogP contribution >= 0.6 is 12.4 Å². The van der Waals surface area contributed by atoms with Crippen LogP contribution in [0.5, 0.6) is 0 Å². The number of H-pyrrole nitrogens is 1. The van der Waals surface area contributed by atoms with Gasteiger partial charge in [0.1, 0.15) is 5.82 Å². The van der Waals surface area contributed by atoms with Crippen LogP contribution in [-0.4, -0.2) is 29.0 Å². The molecule has 1 aromatic carbocycles. The highest BCUT2D eigenvalue weighted by atomic mass is 35.5. The number of aromatic nitrogens is 2. The number of aromatic amines is 1. The minimum absolute atomic E-state index is 0. The quantitative estimate of drug-likeness (QED) is 0.770. The van der Waals surface area contributed by atoms with Gasteiger partial charge in [0.05, 0.1) is 0 Å². The van der Waals surface area contributed by atoms with Crippen molar-refractivity contribution in [3.63, 3.8) is 0 Å². The fourth-order valence-electron chi connectivity index (χ4n) is 3.85. The summed E-state index contributed by atoms with van der Waals surface area (Å²) in [5.41, 5.74) is 2.35. The molecule has 2 heterocycles. The van der Waals surface area contributed by atoms with Crippen molar-refractivity contribution in [2.24, 2.45) is 11.3 Å². The van der Waals surface area contributed by atoms with E-state index in [0.29, 0.717) is 11.5 Å². The summed E-state index contributed by atoms with van der Waals surface area (Å²) in [5.74, 6) is 0.805. The van der Waals surface area contributed by atoms with Gasteiger partial charge < -0.3 is 15.6 Å². The van der Waals surface area contributed by atoms with E-state index in [2.05, 4.69) is 20.6 Å². The number of anilines is 1. The van der Waals surface area contributed by atoms with Crippen LogP contribution in [0.1, 0.15) is 25.0 Å². The van der Waals surface area contributed by atoms with Crippen LogP contribution in [0.3, 0.4) is 0 Å². The summed E-state index contributed by atoms with van der Waals surface area (Å²) in [6.45, 7) is 3.82. The highest BCUT2D eigenvalue weighted by Gasteiger charge is 2.57. The molecule has 1 spiro atoms. The molecule has 26 heavy (non-hydrogen) atoms. The molecule has 2 aromatic rings. The number of benzene rings is 1. The minimum atomic E-state index is -0.166. The number of carbonyl (C=O) groups is 1. The van der Waals surface area contributed by atoms with Crippen LogP contribution in [0.4, 0.5) is 5.69 Å². The maximum Gasteiger partial charge on any atom is 0.251 e. The first-order valence-electron chi connectivity index (χ1n) is 8.76. The molecule has 6 nitrogen and oxygen atoms in total. The van der Waals surface area contributed by atoms with E-state index in [1.807, 2.05) is 24.3 Å². The maximum atomic E-state index is 12.5. The van der Waals surface area contributed by atoms with E-state index in [-0.39, 0.29) is 35.2 Å². The van der Waals surface area contributed by atoms with Gasteiger partial charge in [-0.2, -0.15) is 0 Å². The lowest BCUT2D eigenvalue weighted by Crippen LogP contribution is -2.31. The molecule has 4 rings (SSSR count). The van der Waals surface area contributed by atoms with Crippen LogP contribution in [0.15, 0.2) is 35.1 Å². The number of rotatable bonds is 3. The van der Waals surface area contributed by atoms with Gasteiger partial charge in [-0.25, -0.2) is 4.98 Å². The standard InChI is InChI=1S/C19H22N4O2.ClH/c1-12-10-16(24)23-17(21-12)13-2-4-14(5-3-13)22-18(25)15-11-19(15)6-8-20-9-7-19;/h2-5,10,15,20H,6-9,11H2,1H3,(H,22,25)(H,21,23,24);1H. The number of hydrogen-bond donors (Lipinski definition) is 3. The van der Waals surface area contributed by atoms with Crippen molar-refractivity contribution in [1.82, 2.24) is 15.3 Å². The van der Waals surface area contributed by atoms with Crippen molar-refractivity contribution in [3.8, 4) is 11.4 Å². The van der Waals surface area contributed by atoms with Crippen molar-refractivity contribution < 1.29 is 4.79 Å². The van der Waals surface area contributed by atoms with E-state index in [0.717, 1.165) is 43.6 Å². The third-order valence-electron chi connectivity index (χ3n) is 5.40. The predicted octanol–water partition coefficient (Wildman–Crippen LogP) is 2.50. The Hall–Kier alpha value is -2.18. The van der Waals surface area contributed by atoms with Gasteiger partial charge in [-0.15, -0.1) is 12.4 Å². The van der Waals surface area contributed by atoms with Gasteiger partial charge in [-0.3, -0.25) is 9.59 Å². The molecule has 2 fully saturated rings. The summed E-state index contributed by atoms with van der Waals surface area (Å²) in [6.07, 6.45) is 3.19. The van der Waals surface area contributed by atoms with E-state index in [1.54, 1.807) is 6.92 Å². The Morgan fingerprint density at radius 3 is 2.58 bits per heavy atom. The number of aryl methyl sites for hydroxylation is 1. The molecule has 1 unspecified atom stereocenters. The van der Waals surface area contributed by atoms with E-state index in [4.69, 9.17) is 0 Å². The Balaban J connectivity index is 0.00000196. The molecule has 138 valence electrons. The number of amides is 1. The second kappa shape index (κ2) is 7.21. The Bertz CT molecular complexity index is 857. The van der Waals surface area contributed by atoms with Crippen LogP contribution in [0.25, 0.3) is 11.4 Å². The molecule has 1 amide bonds. The number of hydrogen-bond acceptors (Lipinski definition) is 4. The van der Waals surface area contributed by atoms with Crippen molar-refractivity contribution in [3.05, 3.63) is 46.4 Å². The molecule has 1 aliphatic carbocycles. The van der Waals surface area contributed by atoms with Crippen molar-refractivity contribution in [1.29, 1.82) is 0 Å². The summed E-state index contributed by atoms with van der Waals surface area (Å²) in [4.78, 5) is 31.1. The Morgan fingerprint density at radius 2 is 1.92 bits per heavy atom. The van der Waals surface area contributed by atoms with Crippen LogP contribution in [-0.2, 0) is 4.79 Å². The fourth-order valence-corrected chi connectivity index (χ4v) is 3.85. The molecule has 1 saturated carbocycles. The van der Waals surface area contributed by atoms with E-state index in [9.17, 15) is 9.59 Å². The zero-order valence-electron chi connectivity index (χ0n) is 14.7. The molecule has 1 aliphatic heterocycles. The SMILES string of the molecule is Cc1cc(=O)[nH]c(-c2ccc(NC(=O)C3CC34CCNCC4)cc2)n1.Cl. The minimum Gasteiger partial charge on any atom is -0.326 e. The summed E-state index contributed by atoms with van der Waals surface area (Å²) in [5, 5.41) is 6.38. The average Bonchev–Trinajstić information content (AvgIpc) is 3.28. The average molecular weight is 375 g/mol. The number of nitrogens with zero attached hydrogens (tertiary/aromatic N) is 1. The summed E-state index contributed by atoms with van der Waals surface area (Å²) < 4.78 is 0. The molecule has 1 aromatic heterocycles. The molecular formula is C19H23ClN4O2. The van der Waals surface area contributed by atoms with Gasteiger partial charge in [-0.1, -0.05) is 0 Å². The molecule has 1 atom stereocenters. The fraction of sp³-hybridized carbons (Fsp3) is 0.421. The number of carbonyl (C=O) groups excluding carboxylic acids is 1. The predicted molar refractivity (Wildman–Crippen MR) is 104 cm³/mol. The molecule has 7 heteroatoms. The van der Waals surface area contributed by atoms with Gasteiger partial charge in [0.25, 0.3) is 5.56 Å². The highest BCUT2D eigenvalue weighted by Crippen LogP contribution is 2.58. The smallest absolute Gasteiger partial charge is 0.251 e. The van der Waals surface area contributed by atoms with Crippen LogP contribution in [0.2, 0.25) is 0 Å². The molecule has 1 saturated heterocycles. The third-order valence-corrected chi connectivity index (χ3v) is 5.40. The van der Waals surface area contributed by atoms with E-state index >= 15 is 0 Å². The largest absolute Gasteiger partial charge is 0.326 e. The summed E-state index contributed by atoms with van der Waals surface area (Å²) in [6, 6.07) is 8.89. The lowest BCUT2D eigenvalue weighted by atomic mass is 9.92. The van der Waals surface area contributed by atoms with Crippen LogP contribution < -0.4 is 16.2 Å². The Kier molecular flexibility index (Phi) is 5.16. The highest BCUT2D eigenvalue weighted by molar-refractivity contribution is 5.95. The topological polar surface area (TPSA) is 86.9 Å².